The van der Waals surface area contributed by atoms with Crippen LogP contribution in [0.4, 0.5) is 0 Å². The first-order valence-corrected chi connectivity index (χ1v) is 11.9. The minimum absolute atomic E-state index is 0.0552. The van der Waals surface area contributed by atoms with Crippen LogP contribution in [0.25, 0.3) is 0 Å². The zero-order valence-corrected chi connectivity index (χ0v) is 19.8. The second kappa shape index (κ2) is 10.6. The van der Waals surface area contributed by atoms with Crippen LogP contribution in [-0.4, -0.2) is 77.4 Å². The summed E-state index contributed by atoms with van der Waals surface area (Å²) in [5.74, 6) is 0.690. The van der Waals surface area contributed by atoms with Crippen molar-refractivity contribution < 1.29 is 19.1 Å². The van der Waals surface area contributed by atoms with E-state index in [4.69, 9.17) is 21.1 Å². The van der Waals surface area contributed by atoms with Crippen LogP contribution in [0.15, 0.2) is 36.7 Å². The Balaban J connectivity index is 1.52. The van der Waals surface area contributed by atoms with Crippen molar-refractivity contribution in [2.24, 2.45) is 5.41 Å². The molecule has 2 amide bonds. The van der Waals surface area contributed by atoms with Crippen LogP contribution in [0, 0.1) is 5.41 Å². The molecule has 0 N–H and O–H groups in total. The third kappa shape index (κ3) is 5.86. The van der Waals surface area contributed by atoms with Gasteiger partial charge in [-0.15, -0.1) is 0 Å². The largest absolute Gasteiger partial charge is 0.493 e. The molecular weight excluding hydrogens is 444 g/mol. The molecule has 1 aromatic heterocycles. The molecule has 0 saturated carbocycles. The summed E-state index contributed by atoms with van der Waals surface area (Å²) in [5, 5.41) is 4.84. The number of piperidine rings is 1. The fraction of sp³-hybridized carbons (Fsp3) is 0.542. The number of ether oxygens (including phenoxy) is 2. The first-order chi connectivity index (χ1) is 16.0. The number of benzene rings is 1. The third-order valence-corrected chi connectivity index (χ3v) is 6.62. The number of hydrogen-bond acceptors (Lipinski definition) is 5. The van der Waals surface area contributed by atoms with Gasteiger partial charge in [0.05, 0.1) is 31.6 Å². The molecule has 0 bridgehead atoms. The van der Waals surface area contributed by atoms with E-state index in [1.165, 1.54) is 0 Å². The maximum Gasteiger partial charge on any atom is 0.257 e. The van der Waals surface area contributed by atoms with Crippen LogP contribution < -0.4 is 4.74 Å². The van der Waals surface area contributed by atoms with E-state index in [2.05, 4.69) is 5.10 Å². The van der Waals surface area contributed by atoms with Gasteiger partial charge in [0.1, 0.15) is 5.75 Å². The summed E-state index contributed by atoms with van der Waals surface area (Å²) < 4.78 is 13.3. The lowest BCUT2D eigenvalue weighted by atomic mass is 9.77. The fourth-order valence-electron chi connectivity index (χ4n) is 4.56. The van der Waals surface area contributed by atoms with Gasteiger partial charge in [0, 0.05) is 55.8 Å². The van der Waals surface area contributed by atoms with Crippen molar-refractivity contribution in [2.45, 2.75) is 32.7 Å². The number of aromatic nitrogens is 2. The van der Waals surface area contributed by atoms with Gasteiger partial charge in [0.15, 0.2) is 0 Å². The summed E-state index contributed by atoms with van der Waals surface area (Å²) in [6, 6.07) is 7.26. The average molecular weight is 475 g/mol. The molecule has 9 heteroatoms. The van der Waals surface area contributed by atoms with Gasteiger partial charge in [-0.05, 0) is 38.0 Å². The van der Waals surface area contributed by atoms with E-state index in [1.54, 1.807) is 29.2 Å². The van der Waals surface area contributed by atoms with Crippen LogP contribution in [0.3, 0.4) is 0 Å². The van der Waals surface area contributed by atoms with Gasteiger partial charge in [0.25, 0.3) is 5.91 Å². The summed E-state index contributed by atoms with van der Waals surface area (Å²) >= 11 is 6.12. The topological polar surface area (TPSA) is 76.9 Å². The van der Waals surface area contributed by atoms with Gasteiger partial charge < -0.3 is 19.3 Å². The first kappa shape index (κ1) is 23.6. The van der Waals surface area contributed by atoms with E-state index in [0.29, 0.717) is 75.3 Å². The minimum Gasteiger partial charge on any atom is -0.493 e. The number of carbonyl (C=O) groups is 2. The highest BCUT2D eigenvalue weighted by molar-refractivity contribution is 6.30. The van der Waals surface area contributed by atoms with Crippen molar-refractivity contribution in [1.82, 2.24) is 19.6 Å². The Hall–Kier alpha value is -2.58. The maximum absolute atomic E-state index is 13.2. The lowest BCUT2D eigenvalue weighted by Gasteiger charge is -2.43. The second-order valence-electron chi connectivity index (χ2n) is 8.83. The number of likely N-dealkylation sites (tertiary alicyclic amines) is 1. The number of nitrogens with zero attached hydrogens (tertiary/aromatic N) is 4. The molecule has 0 aliphatic carbocycles. The molecule has 2 aromatic rings. The number of carbonyl (C=O) groups excluding carboxylic acids is 2. The predicted molar refractivity (Wildman–Crippen MR) is 124 cm³/mol. The molecular formula is C24H31ClN4O4. The molecule has 0 spiro atoms. The van der Waals surface area contributed by atoms with Crippen LogP contribution in [0.2, 0.25) is 5.02 Å². The number of rotatable bonds is 7. The first-order valence-electron chi connectivity index (χ1n) is 11.5. The highest BCUT2D eigenvalue weighted by Crippen LogP contribution is 2.36. The molecule has 2 saturated heterocycles. The maximum atomic E-state index is 13.2. The van der Waals surface area contributed by atoms with Crippen molar-refractivity contribution in [2.75, 3.05) is 46.0 Å². The van der Waals surface area contributed by atoms with E-state index in [1.807, 2.05) is 28.9 Å². The smallest absolute Gasteiger partial charge is 0.257 e. The van der Waals surface area contributed by atoms with E-state index >= 15 is 0 Å². The molecule has 8 nitrogen and oxygen atoms in total. The van der Waals surface area contributed by atoms with Crippen LogP contribution >= 0.6 is 11.6 Å². The normalized spacial score (nSPS) is 21.2. The molecule has 2 aliphatic rings. The van der Waals surface area contributed by atoms with Gasteiger partial charge in [0.2, 0.25) is 5.91 Å². The summed E-state index contributed by atoms with van der Waals surface area (Å²) in [5.41, 5.74) is 0.0923. The fourth-order valence-corrected chi connectivity index (χ4v) is 4.74. The van der Waals surface area contributed by atoms with Crippen molar-refractivity contribution >= 4 is 23.4 Å². The lowest BCUT2D eigenvalue weighted by molar-refractivity contribution is -0.139. The zero-order valence-electron chi connectivity index (χ0n) is 19.0. The standard InChI is InChI=1S/C24H31ClN4O4/c1-2-29-16-19(15-26-29)23(31)28-8-4-7-24(17-28,14-22(30)27-9-11-32-12-10-27)18-33-21-6-3-5-20(25)13-21/h3,5-6,13,15-16H,2,4,7-12,14,17-18H2,1H3/t24-/m0/s1. The number of amides is 2. The Labute approximate surface area is 199 Å². The van der Waals surface area contributed by atoms with E-state index in [9.17, 15) is 9.59 Å². The average Bonchev–Trinajstić information content (AvgIpc) is 3.32. The van der Waals surface area contributed by atoms with Gasteiger partial charge >= 0.3 is 0 Å². The van der Waals surface area contributed by atoms with Crippen molar-refractivity contribution in [3.63, 3.8) is 0 Å². The second-order valence-corrected chi connectivity index (χ2v) is 9.27. The molecule has 0 unspecified atom stereocenters. The lowest BCUT2D eigenvalue weighted by Crippen LogP contribution is -2.52. The van der Waals surface area contributed by atoms with Crippen LogP contribution in [0.5, 0.6) is 5.75 Å². The van der Waals surface area contributed by atoms with Gasteiger partial charge in [-0.2, -0.15) is 5.10 Å². The van der Waals surface area contributed by atoms with Gasteiger partial charge in [-0.3, -0.25) is 14.3 Å². The number of halogens is 1. The van der Waals surface area contributed by atoms with Crippen molar-refractivity contribution in [1.29, 1.82) is 0 Å². The molecule has 0 radical (unpaired) electrons. The number of aryl methyl sites for hydroxylation is 1. The quantitative estimate of drug-likeness (QED) is 0.616. The Morgan fingerprint density at radius 2 is 2.03 bits per heavy atom. The molecule has 2 aliphatic heterocycles. The highest BCUT2D eigenvalue weighted by Gasteiger charge is 2.41. The van der Waals surface area contributed by atoms with Crippen LogP contribution in [-0.2, 0) is 16.1 Å². The van der Waals surface area contributed by atoms with E-state index in [-0.39, 0.29) is 11.8 Å². The summed E-state index contributed by atoms with van der Waals surface area (Å²) in [6.07, 6.45) is 5.33. The number of morpholine rings is 1. The summed E-state index contributed by atoms with van der Waals surface area (Å²) in [6.45, 7) is 6.46. The number of hydrogen-bond donors (Lipinski definition) is 0. The minimum atomic E-state index is -0.480. The predicted octanol–water partition coefficient (Wildman–Crippen LogP) is 3.11. The Bertz CT molecular complexity index is 975. The summed E-state index contributed by atoms with van der Waals surface area (Å²) in [7, 11) is 0. The van der Waals surface area contributed by atoms with Gasteiger partial charge in [-0.1, -0.05) is 17.7 Å². The SMILES string of the molecule is CCn1cc(C(=O)N2CCC[C@](COc3cccc(Cl)c3)(CC(=O)N3CCOCC3)C2)cn1. The van der Waals surface area contributed by atoms with Gasteiger partial charge in [-0.25, -0.2) is 0 Å². The van der Waals surface area contributed by atoms with Crippen molar-refractivity contribution in [3.8, 4) is 5.75 Å². The molecule has 3 heterocycles. The zero-order chi connectivity index (χ0) is 23.3. The summed E-state index contributed by atoms with van der Waals surface area (Å²) in [4.78, 5) is 30.1. The van der Waals surface area contributed by atoms with E-state index in [0.717, 1.165) is 12.8 Å². The Morgan fingerprint density at radius 3 is 2.76 bits per heavy atom. The molecule has 4 rings (SSSR count). The van der Waals surface area contributed by atoms with Crippen LogP contribution in [0.1, 0.15) is 36.5 Å². The Morgan fingerprint density at radius 1 is 1.21 bits per heavy atom. The van der Waals surface area contributed by atoms with Crippen molar-refractivity contribution in [3.05, 3.63) is 47.2 Å². The molecule has 2 fully saturated rings. The Kier molecular flexibility index (Phi) is 7.55. The molecule has 1 aromatic carbocycles. The monoisotopic (exact) mass is 474 g/mol. The third-order valence-electron chi connectivity index (χ3n) is 6.38. The molecule has 1 atom stereocenters. The highest BCUT2D eigenvalue weighted by atomic mass is 35.5. The molecule has 33 heavy (non-hydrogen) atoms. The van der Waals surface area contributed by atoms with E-state index < -0.39 is 5.41 Å². The molecule has 178 valence electrons.